The lowest BCUT2D eigenvalue weighted by Crippen LogP contribution is -2.14. The minimum atomic E-state index is 0.108. The average Bonchev–Trinajstić information content (AvgIpc) is 2.67. The van der Waals surface area contributed by atoms with Gasteiger partial charge in [-0.15, -0.1) is 0 Å². The van der Waals surface area contributed by atoms with Crippen molar-refractivity contribution in [2.45, 2.75) is 25.7 Å². The Bertz CT molecular complexity index is 845. The Morgan fingerprint density at radius 2 is 1.62 bits per heavy atom. The number of allylic oxidation sites excluding steroid dienone is 6. The monoisotopic (exact) mass is 339 g/mol. The Kier molecular flexibility index (Phi) is 6.94. The molecule has 0 fully saturated rings. The summed E-state index contributed by atoms with van der Waals surface area (Å²) in [7, 11) is 0. The second kappa shape index (κ2) is 9.39. The topological polar surface area (TPSA) is 23.8 Å². The number of benzene rings is 2. The van der Waals surface area contributed by atoms with Crippen molar-refractivity contribution in [3.63, 3.8) is 0 Å². The molecule has 0 saturated heterocycles. The zero-order chi connectivity index (χ0) is 18.9. The summed E-state index contributed by atoms with van der Waals surface area (Å²) in [5, 5.41) is 9.11. The van der Waals surface area contributed by atoms with Gasteiger partial charge in [0.25, 0.3) is 0 Å². The van der Waals surface area contributed by atoms with E-state index in [0.29, 0.717) is 5.56 Å². The van der Waals surface area contributed by atoms with E-state index in [4.69, 9.17) is 5.26 Å². The van der Waals surface area contributed by atoms with Crippen molar-refractivity contribution >= 4 is 0 Å². The number of nitrogens with zero attached hydrogens (tertiary/aromatic N) is 1. The summed E-state index contributed by atoms with van der Waals surface area (Å²) in [4.78, 5) is 0. The maximum atomic E-state index is 9.11. The first-order chi connectivity index (χ1) is 12.6. The lowest BCUT2D eigenvalue weighted by atomic mass is 9.73. The number of hydrogen-bond donors (Lipinski definition) is 0. The summed E-state index contributed by atoms with van der Waals surface area (Å²) < 4.78 is 0. The van der Waals surface area contributed by atoms with E-state index in [1.165, 1.54) is 16.7 Å². The predicted molar refractivity (Wildman–Crippen MR) is 111 cm³/mol. The van der Waals surface area contributed by atoms with Crippen molar-refractivity contribution in [3.8, 4) is 6.07 Å². The predicted octanol–water partition coefficient (Wildman–Crippen LogP) is 6.69. The van der Waals surface area contributed by atoms with Crippen LogP contribution in [0.15, 0.2) is 103 Å². The van der Waals surface area contributed by atoms with E-state index in [9.17, 15) is 0 Å². The highest BCUT2D eigenvalue weighted by Gasteiger charge is 2.27. The molecular weight excluding hydrogens is 314 g/mol. The first-order valence-corrected chi connectivity index (χ1v) is 8.78. The fourth-order valence-corrected chi connectivity index (χ4v) is 3.37. The van der Waals surface area contributed by atoms with Crippen molar-refractivity contribution in [1.82, 2.24) is 0 Å². The zero-order valence-electron chi connectivity index (χ0n) is 15.5. The van der Waals surface area contributed by atoms with Gasteiger partial charge in [-0.2, -0.15) is 5.26 Å². The number of nitriles is 1. The highest BCUT2D eigenvalue weighted by Crippen LogP contribution is 2.43. The van der Waals surface area contributed by atoms with E-state index in [2.05, 4.69) is 62.6 Å². The van der Waals surface area contributed by atoms with Crippen molar-refractivity contribution in [2.24, 2.45) is 0 Å². The third-order valence-electron chi connectivity index (χ3n) is 4.54. The van der Waals surface area contributed by atoms with Gasteiger partial charge in [0.2, 0.25) is 0 Å². The normalized spacial score (nSPS) is 13.8. The Balaban J connectivity index is 2.64. The van der Waals surface area contributed by atoms with E-state index in [0.717, 1.165) is 5.57 Å². The lowest BCUT2D eigenvalue weighted by molar-refractivity contribution is 0.681. The van der Waals surface area contributed by atoms with Gasteiger partial charge in [-0.25, -0.2) is 0 Å². The zero-order valence-corrected chi connectivity index (χ0v) is 15.5. The van der Waals surface area contributed by atoms with Gasteiger partial charge in [-0.1, -0.05) is 85.5 Å². The van der Waals surface area contributed by atoms with Gasteiger partial charge in [0.05, 0.1) is 11.6 Å². The average molecular weight is 339 g/mol. The molecule has 0 heterocycles. The van der Waals surface area contributed by atoms with Crippen molar-refractivity contribution < 1.29 is 0 Å². The summed E-state index contributed by atoms with van der Waals surface area (Å²) in [6, 6.07) is 20.5. The molecule has 1 nitrogen and oxygen atoms in total. The third kappa shape index (κ3) is 4.49. The van der Waals surface area contributed by atoms with E-state index in [1.54, 1.807) is 0 Å². The SMILES string of the molecule is C=C/C=C(\C)C(c1ccc(C#N)cc1)C(C(=C)/C=C\C)c1ccccc1. The smallest absolute Gasteiger partial charge is 0.0991 e. The quantitative estimate of drug-likeness (QED) is 0.515. The van der Waals surface area contributed by atoms with Crippen molar-refractivity contribution in [1.29, 1.82) is 5.26 Å². The molecule has 2 atom stereocenters. The van der Waals surface area contributed by atoms with Gasteiger partial charge in [0.15, 0.2) is 0 Å². The molecule has 1 heteroatoms. The molecule has 0 spiro atoms. The van der Waals surface area contributed by atoms with Crippen LogP contribution in [0.25, 0.3) is 0 Å². The highest BCUT2D eigenvalue weighted by atomic mass is 14.3. The van der Waals surface area contributed by atoms with Crippen LogP contribution in [0.4, 0.5) is 0 Å². The molecule has 0 radical (unpaired) electrons. The first-order valence-electron chi connectivity index (χ1n) is 8.78. The van der Waals surface area contributed by atoms with Crippen LogP contribution in [0.5, 0.6) is 0 Å². The molecule has 0 saturated carbocycles. The number of hydrogen-bond acceptors (Lipinski definition) is 1. The first kappa shape index (κ1) is 19.2. The van der Waals surface area contributed by atoms with Gasteiger partial charge in [-0.05, 0) is 42.7 Å². The molecule has 2 aromatic carbocycles. The molecule has 0 aliphatic heterocycles. The van der Waals surface area contributed by atoms with Crippen LogP contribution in [0, 0.1) is 11.3 Å². The summed E-state index contributed by atoms with van der Waals surface area (Å²) in [5.41, 5.74) is 5.33. The van der Waals surface area contributed by atoms with Gasteiger partial charge < -0.3 is 0 Å². The van der Waals surface area contributed by atoms with Gasteiger partial charge >= 0.3 is 0 Å². The van der Waals surface area contributed by atoms with E-state index in [1.807, 2.05) is 49.4 Å². The van der Waals surface area contributed by atoms with Gasteiger partial charge in [0.1, 0.15) is 0 Å². The van der Waals surface area contributed by atoms with Crippen LogP contribution in [-0.2, 0) is 0 Å². The van der Waals surface area contributed by atoms with Crippen LogP contribution >= 0.6 is 0 Å². The molecule has 0 amide bonds. The molecule has 0 N–H and O–H groups in total. The lowest BCUT2D eigenvalue weighted by Gasteiger charge is -2.30. The maximum Gasteiger partial charge on any atom is 0.0991 e. The highest BCUT2D eigenvalue weighted by molar-refractivity contribution is 5.45. The van der Waals surface area contributed by atoms with E-state index < -0.39 is 0 Å². The second-order valence-corrected chi connectivity index (χ2v) is 6.32. The van der Waals surface area contributed by atoms with Crippen LogP contribution in [0.3, 0.4) is 0 Å². The fourth-order valence-electron chi connectivity index (χ4n) is 3.37. The van der Waals surface area contributed by atoms with Crippen molar-refractivity contribution in [2.75, 3.05) is 0 Å². The van der Waals surface area contributed by atoms with Crippen LogP contribution in [-0.4, -0.2) is 0 Å². The van der Waals surface area contributed by atoms with Crippen LogP contribution in [0.1, 0.15) is 42.4 Å². The molecular formula is C25H25N. The van der Waals surface area contributed by atoms with Crippen LogP contribution in [0.2, 0.25) is 0 Å². The molecule has 2 unspecified atom stereocenters. The Labute approximate surface area is 157 Å². The molecule has 0 aromatic heterocycles. The van der Waals surface area contributed by atoms with E-state index in [-0.39, 0.29) is 11.8 Å². The molecule has 0 aliphatic carbocycles. The molecule has 2 aromatic rings. The molecule has 0 bridgehead atoms. The largest absolute Gasteiger partial charge is 0.192 e. The van der Waals surface area contributed by atoms with E-state index >= 15 is 0 Å². The maximum absolute atomic E-state index is 9.11. The summed E-state index contributed by atoms with van der Waals surface area (Å²) in [6.45, 7) is 12.4. The molecule has 130 valence electrons. The van der Waals surface area contributed by atoms with Gasteiger partial charge in [-0.3, -0.25) is 0 Å². The minimum Gasteiger partial charge on any atom is -0.192 e. The Hall–Kier alpha value is -3.11. The third-order valence-corrected chi connectivity index (χ3v) is 4.54. The Morgan fingerprint density at radius 1 is 1.00 bits per heavy atom. The summed E-state index contributed by atoms with van der Waals surface area (Å²) in [6.07, 6.45) is 7.99. The summed E-state index contributed by atoms with van der Waals surface area (Å²) >= 11 is 0. The standard InChI is InChI=1S/C25H25N/c1-5-10-19(3)24(22-12-8-7-9-13-22)25(20(4)11-6-2)23-16-14-21(18-26)15-17-23/h5-17,24-25H,2-3H2,1,4H3/b10-5-,20-11+. The fraction of sp³-hybridized carbons (Fsp3) is 0.160. The van der Waals surface area contributed by atoms with Crippen molar-refractivity contribution in [3.05, 3.63) is 120 Å². The van der Waals surface area contributed by atoms with Gasteiger partial charge in [0, 0.05) is 11.8 Å². The molecule has 0 aliphatic rings. The summed E-state index contributed by atoms with van der Waals surface area (Å²) in [5.74, 6) is 0.225. The minimum absolute atomic E-state index is 0.108. The molecule has 26 heavy (non-hydrogen) atoms. The van der Waals surface area contributed by atoms with Crippen LogP contribution < -0.4 is 0 Å². The molecule has 2 rings (SSSR count). The second-order valence-electron chi connectivity index (χ2n) is 6.32. The Morgan fingerprint density at radius 3 is 2.15 bits per heavy atom. The number of rotatable bonds is 7.